The van der Waals surface area contributed by atoms with Gasteiger partial charge in [-0.05, 0) is 51.5 Å². The smallest absolute Gasteiger partial charge is 0.122 e. The van der Waals surface area contributed by atoms with Crippen LogP contribution in [0.15, 0.2) is 22.7 Å². The van der Waals surface area contributed by atoms with E-state index < -0.39 is 0 Å². The Bertz CT molecular complexity index is 388. The van der Waals surface area contributed by atoms with E-state index in [0.29, 0.717) is 13.2 Å². The molecule has 0 amide bonds. The van der Waals surface area contributed by atoms with E-state index in [0.717, 1.165) is 28.9 Å². The van der Waals surface area contributed by atoms with Crippen molar-refractivity contribution in [1.82, 2.24) is 0 Å². The van der Waals surface area contributed by atoms with Gasteiger partial charge in [-0.25, -0.2) is 0 Å². The fraction of sp³-hybridized carbons (Fsp3) is 0.600. The minimum atomic E-state index is 0.272. The van der Waals surface area contributed by atoms with Gasteiger partial charge in [0.05, 0.1) is 25.3 Å². The number of hydrogen-bond donors (Lipinski definition) is 1. The number of hydrogen-bond acceptors (Lipinski definition) is 2. The molecule has 0 aliphatic rings. The van der Waals surface area contributed by atoms with Gasteiger partial charge in [-0.1, -0.05) is 15.9 Å². The predicted molar refractivity (Wildman–Crippen MR) is 81.7 cm³/mol. The topological polar surface area (TPSA) is 35.1 Å². The van der Waals surface area contributed by atoms with Crippen molar-refractivity contribution in [2.75, 3.05) is 26.4 Å². The second-order valence-corrected chi connectivity index (χ2v) is 6.65. The molecule has 0 saturated carbocycles. The van der Waals surface area contributed by atoms with E-state index in [2.05, 4.69) is 48.1 Å². The van der Waals surface area contributed by atoms with Gasteiger partial charge in [-0.15, -0.1) is 0 Å². The number of aryl methyl sites for hydroxylation is 1. The molecule has 0 aliphatic carbocycles. The average molecular weight is 331 g/mol. The summed E-state index contributed by atoms with van der Waals surface area (Å²) in [6.07, 6.45) is 0. The minimum Gasteiger partial charge on any atom is -0.491 e. The Morgan fingerprint density at radius 1 is 1.16 bits per heavy atom. The van der Waals surface area contributed by atoms with Crippen LogP contribution in [0, 0.1) is 6.92 Å². The Kier molecular flexibility index (Phi) is 6.83. The zero-order valence-electron chi connectivity index (χ0n) is 12.3. The Hall–Kier alpha value is -0.580. The lowest BCUT2D eigenvalue weighted by atomic mass is 10.1. The Labute approximate surface area is 124 Å². The van der Waals surface area contributed by atoms with E-state index in [1.807, 2.05) is 19.1 Å². The second-order valence-electron chi connectivity index (χ2n) is 5.73. The lowest BCUT2D eigenvalue weighted by Gasteiger charge is -2.16. The van der Waals surface area contributed by atoms with Gasteiger partial charge >= 0.3 is 0 Å². The van der Waals surface area contributed by atoms with Gasteiger partial charge in [0.25, 0.3) is 0 Å². The predicted octanol–water partition coefficient (Wildman–Crippen LogP) is 2.51. The molecule has 0 aromatic heterocycles. The largest absolute Gasteiger partial charge is 0.491 e. The second kappa shape index (κ2) is 7.88. The van der Waals surface area contributed by atoms with Gasteiger partial charge in [0.1, 0.15) is 12.4 Å². The molecule has 1 rings (SSSR count). The highest BCUT2D eigenvalue weighted by atomic mass is 79.9. The third-order valence-corrected chi connectivity index (χ3v) is 3.13. The minimum absolute atomic E-state index is 0.272. The fourth-order valence-corrected chi connectivity index (χ4v) is 2.14. The summed E-state index contributed by atoms with van der Waals surface area (Å²) in [4.78, 5) is 0. The molecule has 0 unspecified atom stereocenters. The monoisotopic (exact) mass is 330 g/mol. The van der Waals surface area contributed by atoms with Gasteiger partial charge in [0.15, 0.2) is 0 Å². The molecule has 108 valence electrons. The van der Waals surface area contributed by atoms with Crippen LogP contribution < -0.4 is 10.1 Å². The van der Waals surface area contributed by atoms with Crippen LogP contribution in [-0.2, 0) is 4.74 Å². The summed E-state index contributed by atoms with van der Waals surface area (Å²) in [5.41, 5.74) is 1.41. The summed E-state index contributed by atoms with van der Waals surface area (Å²) in [6.45, 7) is 11.6. The molecule has 0 bridgehead atoms. The van der Waals surface area contributed by atoms with Gasteiger partial charge in [-0.3, -0.25) is 0 Å². The Morgan fingerprint density at radius 3 is 2.53 bits per heavy atom. The van der Waals surface area contributed by atoms with Crippen molar-refractivity contribution in [1.29, 1.82) is 0 Å². The van der Waals surface area contributed by atoms with Crippen molar-refractivity contribution < 1.29 is 14.8 Å². The molecule has 0 radical (unpaired) electrons. The van der Waals surface area contributed by atoms with Crippen molar-refractivity contribution in [3.8, 4) is 5.75 Å². The molecular weight excluding hydrogens is 306 g/mol. The molecule has 0 spiro atoms. The summed E-state index contributed by atoms with van der Waals surface area (Å²) in [5.74, 6) is 0.924. The highest BCUT2D eigenvalue weighted by molar-refractivity contribution is 9.10. The van der Waals surface area contributed by atoms with Crippen LogP contribution in [0.3, 0.4) is 0 Å². The van der Waals surface area contributed by atoms with Crippen molar-refractivity contribution >= 4 is 15.9 Å². The molecule has 19 heavy (non-hydrogen) atoms. The van der Waals surface area contributed by atoms with E-state index in [1.54, 1.807) is 0 Å². The van der Waals surface area contributed by atoms with Crippen LogP contribution in [0.2, 0.25) is 0 Å². The van der Waals surface area contributed by atoms with E-state index in [4.69, 9.17) is 9.47 Å². The summed E-state index contributed by atoms with van der Waals surface area (Å²) in [5, 5.41) is 2.28. The zero-order valence-corrected chi connectivity index (χ0v) is 13.9. The quantitative estimate of drug-likeness (QED) is 0.779. The molecule has 0 saturated heterocycles. The summed E-state index contributed by atoms with van der Waals surface area (Å²) in [7, 11) is 0. The van der Waals surface area contributed by atoms with Crippen LogP contribution in [0.4, 0.5) is 0 Å². The van der Waals surface area contributed by atoms with Gasteiger partial charge < -0.3 is 14.8 Å². The van der Waals surface area contributed by atoms with Crippen LogP contribution in [-0.4, -0.2) is 31.9 Å². The van der Waals surface area contributed by atoms with Crippen molar-refractivity contribution in [3.63, 3.8) is 0 Å². The van der Waals surface area contributed by atoms with Crippen LogP contribution in [0.25, 0.3) is 0 Å². The number of ether oxygens (including phenoxy) is 2. The highest BCUT2D eigenvalue weighted by Gasteiger charge is 2.11. The van der Waals surface area contributed by atoms with Crippen LogP contribution in [0.5, 0.6) is 5.75 Å². The Balaban J connectivity index is 2.11. The number of nitrogens with two attached hydrogens (primary N) is 1. The van der Waals surface area contributed by atoms with Crippen molar-refractivity contribution in [3.05, 3.63) is 28.2 Å². The number of halogens is 1. The molecule has 4 heteroatoms. The van der Waals surface area contributed by atoms with E-state index in [-0.39, 0.29) is 5.54 Å². The SMILES string of the molecule is Cc1cc(Br)ccc1OCCOCC[NH2+]C(C)(C)C. The summed E-state index contributed by atoms with van der Waals surface area (Å²) in [6, 6.07) is 6.02. The Morgan fingerprint density at radius 2 is 1.89 bits per heavy atom. The summed E-state index contributed by atoms with van der Waals surface area (Å²) < 4.78 is 12.3. The van der Waals surface area contributed by atoms with Gasteiger partial charge in [0, 0.05) is 4.47 Å². The molecule has 1 aromatic carbocycles. The molecular formula is C15H25BrNO2+. The van der Waals surface area contributed by atoms with Gasteiger partial charge in [0.2, 0.25) is 0 Å². The number of rotatable bonds is 7. The lowest BCUT2D eigenvalue weighted by Crippen LogP contribution is -2.95. The molecule has 1 aromatic rings. The first-order valence-electron chi connectivity index (χ1n) is 6.69. The maximum absolute atomic E-state index is 5.68. The first-order chi connectivity index (χ1) is 8.88. The average Bonchev–Trinajstić information content (AvgIpc) is 2.29. The highest BCUT2D eigenvalue weighted by Crippen LogP contribution is 2.21. The standard InChI is InChI=1S/C15H24BrNO2/c1-12-11-13(16)5-6-14(12)19-10-9-18-8-7-17-15(2,3)4/h5-6,11,17H,7-10H2,1-4H3/p+1. The summed E-state index contributed by atoms with van der Waals surface area (Å²) >= 11 is 3.44. The van der Waals surface area contributed by atoms with E-state index in [1.165, 1.54) is 0 Å². The number of benzene rings is 1. The van der Waals surface area contributed by atoms with Crippen LogP contribution in [0.1, 0.15) is 26.3 Å². The normalized spacial score (nSPS) is 11.6. The first kappa shape index (κ1) is 16.5. The van der Waals surface area contributed by atoms with E-state index in [9.17, 15) is 0 Å². The molecule has 2 N–H and O–H groups in total. The fourth-order valence-electron chi connectivity index (χ4n) is 1.66. The van der Waals surface area contributed by atoms with Crippen LogP contribution >= 0.6 is 15.9 Å². The lowest BCUT2D eigenvalue weighted by molar-refractivity contribution is -0.718. The molecule has 0 atom stereocenters. The number of quaternary nitrogens is 1. The first-order valence-corrected chi connectivity index (χ1v) is 7.49. The van der Waals surface area contributed by atoms with Crippen molar-refractivity contribution in [2.24, 2.45) is 0 Å². The molecule has 3 nitrogen and oxygen atoms in total. The maximum Gasteiger partial charge on any atom is 0.122 e. The van der Waals surface area contributed by atoms with Crippen molar-refractivity contribution in [2.45, 2.75) is 33.2 Å². The van der Waals surface area contributed by atoms with Gasteiger partial charge in [-0.2, -0.15) is 0 Å². The molecule has 0 heterocycles. The maximum atomic E-state index is 5.68. The third kappa shape index (κ3) is 7.55. The molecule has 0 aliphatic heterocycles. The zero-order chi connectivity index (χ0) is 14.3. The third-order valence-electron chi connectivity index (χ3n) is 2.64. The van der Waals surface area contributed by atoms with E-state index >= 15 is 0 Å². The molecule has 0 fully saturated rings.